The van der Waals surface area contributed by atoms with Crippen molar-refractivity contribution in [2.75, 3.05) is 5.32 Å². The summed E-state index contributed by atoms with van der Waals surface area (Å²) in [6, 6.07) is 8.99. The molecule has 24 heavy (non-hydrogen) atoms. The van der Waals surface area contributed by atoms with E-state index in [-0.39, 0.29) is 11.4 Å². The second-order valence-electron chi connectivity index (χ2n) is 6.26. The Morgan fingerprint density at radius 2 is 1.92 bits per heavy atom. The number of furan rings is 1. The van der Waals surface area contributed by atoms with Gasteiger partial charge in [0.2, 0.25) is 10.0 Å². The van der Waals surface area contributed by atoms with E-state index in [1.54, 1.807) is 24.3 Å². The van der Waals surface area contributed by atoms with Crippen molar-refractivity contribution in [3.63, 3.8) is 0 Å². The number of urea groups is 1. The van der Waals surface area contributed by atoms with Crippen LogP contribution in [-0.4, -0.2) is 20.0 Å². The lowest BCUT2D eigenvalue weighted by atomic mass is 10.1. The maximum absolute atomic E-state index is 12.3. The molecule has 1 aromatic carbocycles. The van der Waals surface area contributed by atoms with Crippen LogP contribution in [0, 0.1) is 0 Å². The number of anilines is 1. The summed E-state index contributed by atoms with van der Waals surface area (Å²) in [7, 11) is -3.71. The third-order valence-corrected chi connectivity index (χ3v) is 4.31. The van der Waals surface area contributed by atoms with Gasteiger partial charge < -0.3 is 15.1 Å². The number of hydrogen-bond donors (Lipinski definition) is 3. The van der Waals surface area contributed by atoms with Gasteiger partial charge in [-0.3, -0.25) is 0 Å². The molecule has 3 N–H and O–H groups in total. The van der Waals surface area contributed by atoms with Gasteiger partial charge in [0.05, 0.1) is 17.7 Å². The molecule has 8 heteroatoms. The highest BCUT2D eigenvalue weighted by molar-refractivity contribution is 7.89. The summed E-state index contributed by atoms with van der Waals surface area (Å²) >= 11 is 0. The molecule has 0 aliphatic heterocycles. The predicted octanol–water partition coefficient (Wildman–Crippen LogP) is 2.68. The lowest BCUT2D eigenvalue weighted by molar-refractivity contribution is 0.244. The van der Waals surface area contributed by atoms with Crippen molar-refractivity contribution < 1.29 is 17.6 Å². The van der Waals surface area contributed by atoms with Crippen molar-refractivity contribution in [2.45, 2.75) is 37.8 Å². The van der Waals surface area contributed by atoms with E-state index < -0.39 is 21.6 Å². The third kappa shape index (κ3) is 5.39. The Balaban J connectivity index is 2.07. The molecule has 0 saturated heterocycles. The highest BCUT2D eigenvalue weighted by atomic mass is 32.2. The van der Waals surface area contributed by atoms with E-state index in [0.29, 0.717) is 11.4 Å². The van der Waals surface area contributed by atoms with Crippen molar-refractivity contribution in [1.82, 2.24) is 10.0 Å². The maximum Gasteiger partial charge on any atom is 0.319 e. The summed E-state index contributed by atoms with van der Waals surface area (Å²) in [5.74, 6) is 0.511. The largest absolute Gasteiger partial charge is 0.468 e. The summed E-state index contributed by atoms with van der Waals surface area (Å²) < 4.78 is 32.2. The first-order valence-corrected chi connectivity index (χ1v) is 8.85. The van der Waals surface area contributed by atoms with Gasteiger partial charge in [-0.25, -0.2) is 17.9 Å². The van der Waals surface area contributed by atoms with Crippen molar-refractivity contribution in [2.24, 2.45) is 0 Å². The number of benzene rings is 1. The minimum atomic E-state index is -3.71. The van der Waals surface area contributed by atoms with E-state index in [9.17, 15) is 13.2 Å². The Hall–Kier alpha value is -2.32. The molecule has 0 saturated carbocycles. The topological polar surface area (TPSA) is 100 Å². The van der Waals surface area contributed by atoms with Crippen molar-refractivity contribution in [3.05, 3.63) is 48.4 Å². The van der Waals surface area contributed by atoms with E-state index in [4.69, 9.17) is 4.42 Å². The van der Waals surface area contributed by atoms with E-state index in [1.807, 2.05) is 20.8 Å². The normalized spacial score (nSPS) is 12.0. The van der Waals surface area contributed by atoms with Crippen LogP contribution < -0.4 is 15.4 Å². The summed E-state index contributed by atoms with van der Waals surface area (Å²) in [6.07, 6.45) is 1.47. The second kappa shape index (κ2) is 7.06. The Kier molecular flexibility index (Phi) is 5.30. The van der Waals surface area contributed by atoms with Crippen molar-refractivity contribution in [1.29, 1.82) is 0 Å². The molecule has 0 radical (unpaired) electrons. The second-order valence-corrected chi connectivity index (χ2v) is 8.03. The van der Waals surface area contributed by atoms with Crippen molar-refractivity contribution in [3.8, 4) is 0 Å². The molecule has 2 amide bonds. The highest BCUT2D eigenvalue weighted by Gasteiger charge is 2.17. The first kappa shape index (κ1) is 18.0. The molecular weight excluding hydrogens is 330 g/mol. The molecular formula is C16H21N3O4S. The first-order chi connectivity index (χ1) is 11.2. The predicted molar refractivity (Wildman–Crippen MR) is 91.1 cm³/mol. The Morgan fingerprint density at radius 3 is 2.54 bits per heavy atom. The Bertz CT molecular complexity index is 793. The monoisotopic (exact) mass is 351 g/mol. The fraction of sp³-hybridized carbons (Fsp3) is 0.312. The number of sulfonamides is 1. The smallest absolute Gasteiger partial charge is 0.319 e. The Labute approximate surface area is 141 Å². The third-order valence-electron chi connectivity index (χ3n) is 2.91. The minimum absolute atomic E-state index is 0.0531. The Morgan fingerprint density at radius 1 is 1.17 bits per heavy atom. The van der Waals surface area contributed by atoms with E-state index >= 15 is 0 Å². The lowest BCUT2D eigenvalue weighted by Crippen LogP contribution is -2.43. The fourth-order valence-corrected chi connectivity index (χ4v) is 2.95. The molecule has 0 bridgehead atoms. The van der Waals surface area contributed by atoms with Gasteiger partial charge in [-0.1, -0.05) is 6.07 Å². The number of hydrogen-bond acceptors (Lipinski definition) is 4. The number of carbonyl (C=O) groups excluding carboxylic acids is 1. The molecule has 0 unspecified atom stereocenters. The van der Waals surface area contributed by atoms with Crippen LogP contribution in [0.1, 0.15) is 26.5 Å². The zero-order valence-electron chi connectivity index (χ0n) is 13.8. The molecule has 1 heterocycles. The molecule has 1 aromatic heterocycles. The molecule has 2 aromatic rings. The standard InChI is InChI=1S/C16H21N3O4S/c1-16(2,3)19-15(20)18-12-6-4-8-14(10-12)24(21,22)17-11-13-7-5-9-23-13/h4-10,17H,11H2,1-3H3,(H2,18,19,20). The minimum Gasteiger partial charge on any atom is -0.468 e. The van der Waals surface area contributed by atoms with Gasteiger partial charge in [0.15, 0.2) is 0 Å². The van der Waals surface area contributed by atoms with Gasteiger partial charge in [-0.05, 0) is 51.1 Å². The van der Waals surface area contributed by atoms with Crippen LogP contribution in [0.2, 0.25) is 0 Å². The van der Waals surface area contributed by atoms with E-state index in [2.05, 4.69) is 15.4 Å². The lowest BCUT2D eigenvalue weighted by Gasteiger charge is -2.20. The average Bonchev–Trinajstić information content (AvgIpc) is 2.97. The van der Waals surface area contributed by atoms with Gasteiger partial charge in [0, 0.05) is 11.2 Å². The van der Waals surface area contributed by atoms with Gasteiger partial charge in [-0.15, -0.1) is 0 Å². The van der Waals surface area contributed by atoms with Crippen LogP contribution in [-0.2, 0) is 16.6 Å². The van der Waals surface area contributed by atoms with Crippen LogP contribution in [0.15, 0.2) is 52.0 Å². The van der Waals surface area contributed by atoms with E-state index in [0.717, 1.165) is 0 Å². The molecule has 0 aliphatic carbocycles. The maximum atomic E-state index is 12.3. The van der Waals surface area contributed by atoms with Crippen LogP contribution in [0.25, 0.3) is 0 Å². The summed E-state index contributed by atoms with van der Waals surface area (Å²) in [5.41, 5.74) is -0.00382. The zero-order valence-corrected chi connectivity index (χ0v) is 14.6. The molecule has 0 spiro atoms. The van der Waals surface area contributed by atoms with Crippen LogP contribution in [0.4, 0.5) is 10.5 Å². The molecule has 0 fully saturated rings. The van der Waals surface area contributed by atoms with Crippen LogP contribution in [0.3, 0.4) is 0 Å². The average molecular weight is 351 g/mol. The number of rotatable bonds is 5. The molecule has 130 valence electrons. The summed E-state index contributed by atoms with van der Waals surface area (Å²) in [4.78, 5) is 11.9. The highest BCUT2D eigenvalue weighted by Crippen LogP contribution is 2.16. The SMILES string of the molecule is CC(C)(C)NC(=O)Nc1cccc(S(=O)(=O)NCc2ccco2)c1. The van der Waals surface area contributed by atoms with Gasteiger partial charge in [0.25, 0.3) is 0 Å². The van der Waals surface area contributed by atoms with Gasteiger partial charge >= 0.3 is 6.03 Å². The van der Waals surface area contributed by atoms with Gasteiger partial charge in [-0.2, -0.15) is 0 Å². The zero-order chi connectivity index (χ0) is 17.8. The number of amides is 2. The van der Waals surface area contributed by atoms with Gasteiger partial charge in [0.1, 0.15) is 5.76 Å². The quantitative estimate of drug-likeness (QED) is 0.771. The van der Waals surface area contributed by atoms with E-state index in [1.165, 1.54) is 18.4 Å². The molecule has 0 atom stereocenters. The number of nitrogens with one attached hydrogen (secondary N) is 3. The molecule has 0 aliphatic rings. The fourth-order valence-electron chi connectivity index (χ4n) is 1.91. The van der Waals surface area contributed by atoms with Crippen LogP contribution >= 0.6 is 0 Å². The molecule has 2 rings (SSSR count). The van der Waals surface area contributed by atoms with Crippen molar-refractivity contribution >= 4 is 21.7 Å². The van der Waals surface area contributed by atoms with Crippen LogP contribution in [0.5, 0.6) is 0 Å². The summed E-state index contributed by atoms with van der Waals surface area (Å²) in [5, 5.41) is 5.36. The summed E-state index contributed by atoms with van der Waals surface area (Å²) in [6.45, 7) is 5.61. The number of carbonyl (C=O) groups is 1. The molecule has 7 nitrogen and oxygen atoms in total. The first-order valence-electron chi connectivity index (χ1n) is 7.37.